The molecule has 4 rings (SSSR count). The van der Waals surface area contributed by atoms with Crippen molar-refractivity contribution in [3.8, 4) is 5.75 Å². The van der Waals surface area contributed by atoms with E-state index < -0.39 is 0 Å². The highest BCUT2D eigenvalue weighted by molar-refractivity contribution is 8.04. The lowest BCUT2D eigenvalue weighted by Crippen LogP contribution is -2.35. The Labute approximate surface area is 185 Å². The molecule has 0 radical (unpaired) electrons. The fourth-order valence-electron chi connectivity index (χ4n) is 3.55. The van der Waals surface area contributed by atoms with Gasteiger partial charge in [0.2, 0.25) is 0 Å². The summed E-state index contributed by atoms with van der Waals surface area (Å²) in [5.74, 6) is -0.247. The summed E-state index contributed by atoms with van der Waals surface area (Å²) < 4.78 is 5.43. The van der Waals surface area contributed by atoms with Gasteiger partial charge in [0.15, 0.2) is 0 Å². The standard InChI is InChI=1S/C25H22N2O3S/c1-3-26(18-12-6-4-7-13-18)22-23(31-19-14-8-5-9-15-19)25(29)27(24(22)28)20-16-10-11-17-21(20)30-2/h4-17H,3H2,1-2H3. The summed E-state index contributed by atoms with van der Waals surface area (Å²) in [5.41, 5.74) is 1.66. The summed E-state index contributed by atoms with van der Waals surface area (Å²) in [7, 11) is 1.53. The number of rotatable bonds is 7. The van der Waals surface area contributed by atoms with Gasteiger partial charge in [-0.3, -0.25) is 9.59 Å². The van der Waals surface area contributed by atoms with Crippen LogP contribution in [-0.4, -0.2) is 25.5 Å². The first-order chi connectivity index (χ1) is 15.2. The fourth-order valence-corrected chi connectivity index (χ4v) is 4.55. The molecule has 0 spiro atoms. The molecule has 31 heavy (non-hydrogen) atoms. The lowest BCUT2D eigenvalue weighted by atomic mass is 10.2. The molecule has 0 bridgehead atoms. The van der Waals surface area contributed by atoms with E-state index in [4.69, 9.17) is 4.74 Å². The molecular formula is C25H22N2O3S. The summed E-state index contributed by atoms with van der Waals surface area (Å²) in [6.07, 6.45) is 0. The fraction of sp³-hybridized carbons (Fsp3) is 0.120. The maximum atomic E-state index is 13.7. The van der Waals surface area contributed by atoms with Gasteiger partial charge >= 0.3 is 0 Å². The van der Waals surface area contributed by atoms with Gasteiger partial charge in [0.05, 0.1) is 12.8 Å². The first kappa shape index (κ1) is 20.8. The largest absolute Gasteiger partial charge is 0.495 e. The Hall–Kier alpha value is -3.51. The van der Waals surface area contributed by atoms with E-state index in [1.165, 1.54) is 23.8 Å². The Balaban J connectivity index is 1.85. The molecule has 1 aliphatic rings. The first-order valence-electron chi connectivity index (χ1n) is 9.97. The van der Waals surface area contributed by atoms with Gasteiger partial charge in [-0.15, -0.1) is 0 Å². The highest BCUT2D eigenvalue weighted by Crippen LogP contribution is 2.42. The van der Waals surface area contributed by atoms with Gasteiger partial charge in [-0.05, 0) is 43.3 Å². The van der Waals surface area contributed by atoms with Crippen LogP contribution in [0.15, 0.2) is 100 Å². The number of likely N-dealkylation sites (N-methyl/N-ethyl adjacent to an activating group) is 1. The number of methoxy groups -OCH3 is 1. The number of carbonyl (C=O) groups excluding carboxylic acids is 2. The third kappa shape index (κ3) is 3.94. The Morgan fingerprint density at radius 1 is 0.839 bits per heavy atom. The maximum Gasteiger partial charge on any atom is 0.283 e. The van der Waals surface area contributed by atoms with Crippen molar-refractivity contribution in [2.75, 3.05) is 23.5 Å². The second-order valence-electron chi connectivity index (χ2n) is 6.79. The topological polar surface area (TPSA) is 49.9 Å². The number of thioether (sulfide) groups is 1. The summed E-state index contributed by atoms with van der Waals surface area (Å²) in [6.45, 7) is 2.51. The van der Waals surface area contributed by atoms with Crippen LogP contribution in [0.3, 0.4) is 0 Å². The minimum Gasteiger partial charge on any atom is -0.495 e. The van der Waals surface area contributed by atoms with Crippen molar-refractivity contribution < 1.29 is 14.3 Å². The molecule has 2 amide bonds. The van der Waals surface area contributed by atoms with E-state index >= 15 is 0 Å². The van der Waals surface area contributed by atoms with Crippen molar-refractivity contribution in [3.05, 3.63) is 95.5 Å². The van der Waals surface area contributed by atoms with E-state index in [0.29, 0.717) is 28.6 Å². The number of nitrogens with zero attached hydrogens (tertiary/aromatic N) is 2. The molecular weight excluding hydrogens is 408 g/mol. The molecule has 0 aromatic heterocycles. The summed E-state index contributed by atoms with van der Waals surface area (Å²) in [4.78, 5) is 31.7. The van der Waals surface area contributed by atoms with Gasteiger partial charge in [0.1, 0.15) is 16.4 Å². The molecule has 0 atom stereocenters. The van der Waals surface area contributed by atoms with Crippen LogP contribution in [0.25, 0.3) is 0 Å². The molecule has 3 aromatic carbocycles. The van der Waals surface area contributed by atoms with Crippen molar-refractivity contribution in [2.24, 2.45) is 0 Å². The quantitative estimate of drug-likeness (QED) is 0.488. The van der Waals surface area contributed by atoms with E-state index in [1.54, 1.807) is 18.2 Å². The molecule has 0 saturated carbocycles. The van der Waals surface area contributed by atoms with Crippen molar-refractivity contribution >= 4 is 35.0 Å². The van der Waals surface area contributed by atoms with E-state index in [2.05, 4.69) is 0 Å². The van der Waals surface area contributed by atoms with Gasteiger partial charge in [-0.2, -0.15) is 0 Å². The van der Waals surface area contributed by atoms with Crippen LogP contribution in [0, 0.1) is 0 Å². The number of ether oxygens (including phenoxy) is 1. The molecule has 5 nitrogen and oxygen atoms in total. The highest BCUT2D eigenvalue weighted by Gasteiger charge is 2.43. The Morgan fingerprint density at radius 2 is 1.45 bits per heavy atom. The lowest BCUT2D eigenvalue weighted by molar-refractivity contribution is -0.120. The van der Waals surface area contributed by atoms with E-state index in [-0.39, 0.29) is 11.8 Å². The number of para-hydroxylation sites is 3. The Kier molecular flexibility index (Phi) is 6.09. The van der Waals surface area contributed by atoms with Crippen LogP contribution < -0.4 is 14.5 Å². The minimum atomic E-state index is -0.362. The molecule has 6 heteroatoms. The highest BCUT2D eigenvalue weighted by atomic mass is 32.2. The van der Waals surface area contributed by atoms with Crippen LogP contribution in [-0.2, 0) is 9.59 Å². The number of carbonyl (C=O) groups is 2. The molecule has 0 saturated heterocycles. The lowest BCUT2D eigenvalue weighted by Gasteiger charge is -2.25. The van der Waals surface area contributed by atoms with Crippen molar-refractivity contribution in [1.82, 2.24) is 0 Å². The molecule has 0 N–H and O–H groups in total. The molecule has 3 aromatic rings. The van der Waals surface area contributed by atoms with E-state index in [1.807, 2.05) is 78.6 Å². The number of hydrogen-bond donors (Lipinski definition) is 0. The van der Waals surface area contributed by atoms with Gasteiger partial charge in [-0.1, -0.05) is 60.3 Å². The summed E-state index contributed by atoms with van der Waals surface area (Å²) >= 11 is 1.31. The number of imide groups is 1. The maximum absolute atomic E-state index is 13.7. The number of benzene rings is 3. The van der Waals surface area contributed by atoms with Gasteiger partial charge in [0, 0.05) is 17.1 Å². The monoisotopic (exact) mass is 430 g/mol. The Morgan fingerprint density at radius 3 is 2.10 bits per heavy atom. The SMILES string of the molecule is CCN(C1=C(Sc2ccccc2)C(=O)N(c2ccccc2OC)C1=O)c1ccccc1. The number of anilines is 2. The minimum absolute atomic E-state index is 0.354. The van der Waals surface area contributed by atoms with Crippen LogP contribution >= 0.6 is 11.8 Å². The normalized spacial score (nSPS) is 13.7. The molecule has 0 unspecified atom stereocenters. The average molecular weight is 431 g/mol. The van der Waals surface area contributed by atoms with E-state index in [9.17, 15) is 9.59 Å². The van der Waals surface area contributed by atoms with Crippen LogP contribution in [0.2, 0.25) is 0 Å². The van der Waals surface area contributed by atoms with Gasteiger partial charge in [0.25, 0.3) is 11.8 Å². The van der Waals surface area contributed by atoms with Crippen molar-refractivity contribution in [1.29, 1.82) is 0 Å². The predicted molar refractivity (Wildman–Crippen MR) is 124 cm³/mol. The zero-order valence-corrected chi connectivity index (χ0v) is 18.1. The van der Waals surface area contributed by atoms with Crippen LogP contribution in [0.4, 0.5) is 11.4 Å². The van der Waals surface area contributed by atoms with Gasteiger partial charge < -0.3 is 9.64 Å². The number of amides is 2. The van der Waals surface area contributed by atoms with Crippen LogP contribution in [0.5, 0.6) is 5.75 Å². The molecule has 156 valence electrons. The van der Waals surface area contributed by atoms with Crippen molar-refractivity contribution in [3.63, 3.8) is 0 Å². The first-order valence-corrected chi connectivity index (χ1v) is 10.8. The van der Waals surface area contributed by atoms with Crippen molar-refractivity contribution in [2.45, 2.75) is 11.8 Å². The summed E-state index contributed by atoms with van der Waals surface area (Å²) in [5, 5.41) is 0. The number of hydrogen-bond acceptors (Lipinski definition) is 5. The molecule has 0 fully saturated rings. The predicted octanol–water partition coefficient (Wildman–Crippen LogP) is 5.10. The van der Waals surface area contributed by atoms with E-state index in [0.717, 1.165) is 10.6 Å². The third-order valence-corrected chi connectivity index (χ3v) is 6.04. The smallest absolute Gasteiger partial charge is 0.283 e. The zero-order chi connectivity index (χ0) is 21.8. The second kappa shape index (κ2) is 9.10. The summed E-state index contributed by atoms with van der Waals surface area (Å²) in [6, 6.07) is 26.3. The zero-order valence-electron chi connectivity index (χ0n) is 17.3. The Bertz CT molecular complexity index is 1130. The molecule has 1 aliphatic heterocycles. The second-order valence-corrected chi connectivity index (χ2v) is 7.87. The average Bonchev–Trinajstić information content (AvgIpc) is 3.05. The molecule has 1 heterocycles. The molecule has 0 aliphatic carbocycles. The van der Waals surface area contributed by atoms with Crippen LogP contribution in [0.1, 0.15) is 6.92 Å². The van der Waals surface area contributed by atoms with Gasteiger partial charge in [-0.25, -0.2) is 4.90 Å². The third-order valence-electron chi connectivity index (χ3n) is 4.96.